The quantitative estimate of drug-likeness (QED) is 0.699. The van der Waals surface area contributed by atoms with E-state index in [0.717, 1.165) is 43.1 Å². The summed E-state index contributed by atoms with van der Waals surface area (Å²) in [6.45, 7) is 5.95. The third-order valence-electron chi connectivity index (χ3n) is 4.00. The van der Waals surface area contributed by atoms with Crippen LogP contribution in [-0.4, -0.2) is 36.9 Å². The summed E-state index contributed by atoms with van der Waals surface area (Å²) >= 11 is 0. The van der Waals surface area contributed by atoms with Crippen molar-refractivity contribution in [3.8, 4) is 0 Å². The van der Waals surface area contributed by atoms with Gasteiger partial charge in [0, 0.05) is 24.5 Å². The highest BCUT2D eigenvalue weighted by Crippen LogP contribution is 2.16. The summed E-state index contributed by atoms with van der Waals surface area (Å²) in [5.41, 5.74) is 9.96. The molecular weight excluding hydrogens is 272 g/mol. The number of nitrogens with two attached hydrogens (primary N) is 1. The second-order valence-corrected chi connectivity index (χ2v) is 5.58. The molecule has 2 N–H and O–H groups in total. The number of hydrogen-bond donors (Lipinski definition) is 1. The van der Waals surface area contributed by atoms with Gasteiger partial charge < -0.3 is 10.6 Å². The summed E-state index contributed by atoms with van der Waals surface area (Å²) in [6.07, 6.45) is 0. The van der Waals surface area contributed by atoms with Crippen LogP contribution in [0.15, 0.2) is 59.7 Å². The van der Waals surface area contributed by atoms with Gasteiger partial charge in [-0.1, -0.05) is 30.3 Å². The number of nitrogen functional groups attached to an aromatic ring is 1. The standard InChI is InChI=1S/C18H22N4/c1-15(16-7-9-17(19)10-8-16)20-22-13-11-21(12-14-22)18-5-3-2-4-6-18/h2-10H,11-14,19H2,1H3. The zero-order valence-electron chi connectivity index (χ0n) is 12.9. The van der Waals surface area contributed by atoms with Crippen molar-refractivity contribution in [2.75, 3.05) is 36.8 Å². The van der Waals surface area contributed by atoms with E-state index in [1.165, 1.54) is 5.69 Å². The summed E-state index contributed by atoms with van der Waals surface area (Å²) in [5, 5.41) is 6.90. The molecule has 0 aromatic heterocycles. The highest BCUT2D eigenvalue weighted by atomic mass is 15.5. The molecule has 4 heteroatoms. The molecule has 0 unspecified atom stereocenters. The Labute approximate surface area is 131 Å². The first-order chi connectivity index (χ1) is 10.7. The van der Waals surface area contributed by atoms with E-state index in [2.05, 4.69) is 47.2 Å². The van der Waals surface area contributed by atoms with Gasteiger partial charge >= 0.3 is 0 Å². The maximum Gasteiger partial charge on any atom is 0.0646 e. The van der Waals surface area contributed by atoms with Crippen molar-refractivity contribution in [3.63, 3.8) is 0 Å². The number of piperazine rings is 1. The Kier molecular flexibility index (Phi) is 4.28. The van der Waals surface area contributed by atoms with E-state index >= 15 is 0 Å². The molecule has 1 heterocycles. The number of benzene rings is 2. The average Bonchev–Trinajstić information content (AvgIpc) is 2.57. The lowest BCUT2D eigenvalue weighted by Crippen LogP contribution is -2.44. The Hall–Kier alpha value is -2.49. The van der Waals surface area contributed by atoms with E-state index < -0.39 is 0 Å². The van der Waals surface area contributed by atoms with Gasteiger partial charge in [-0.25, -0.2) is 0 Å². The van der Waals surface area contributed by atoms with Crippen molar-refractivity contribution in [2.45, 2.75) is 6.92 Å². The molecule has 0 amide bonds. The molecule has 0 radical (unpaired) electrons. The van der Waals surface area contributed by atoms with Crippen LogP contribution < -0.4 is 10.6 Å². The maximum atomic E-state index is 5.73. The molecule has 0 bridgehead atoms. The fraction of sp³-hybridized carbons (Fsp3) is 0.278. The molecule has 114 valence electrons. The SMILES string of the molecule is CC(=NN1CCN(c2ccccc2)CC1)c1ccc(N)cc1. The zero-order chi connectivity index (χ0) is 15.4. The van der Waals surface area contributed by atoms with E-state index in [1.807, 2.05) is 24.3 Å². The van der Waals surface area contributed by atoms with E-state index in [4.69, 9.17) is 10.8 Å². The van der Waals surface area contributed by atoms with Gasteiger partial charge in [-0.2, -0.15) is 5.10 Å². The van der Waals surface area contributed by atoms with Gasteiger partial charge in [0.2, 0.25) is 0 Å². The van der Waals surface area contributed by atoms with Crippen LogP contribution in [0.5, 0.6) is 0 Å². The van der Waals surface area contributed by atoms with Gasteiger partial charge in [0.25, 0.3) is 0 Å². The van der Waals surface area contributed by atoms with Crippen LogP contribution >= 0.6 is 0 Å². The highest BCUT2D eigenvalue weighted by Gasteiger charge is 2.15. The third-order valence-corrected chi connectivity index (χ3v) is 4.00. The predicted molar refractivity (Wildman–Crippen MR) is 93.3 cm³/mol. The summed E-state index contributed by atoms with van der Waals surface area (Å²) in [6, 6.07) is 18.4. The van der Waals surface area contributed by atoms with Gasteiger partial charge in [0.05, 0.1) is 18.8 Å². The topological polar surface area (TPSA) is 44.9 Å². The van der Waals surface area contributed by atoms with Crippen LogP contribution in [0.3, 0.4) is 0 Å². The minimum absolute atomic E-state index is 0.785. The predicted octanol–water partition coefficient (Wildman–Crippen LogP) is 2.82. The number of hydrogen-bond acceptors (Lipinski definition) is 4. The van der Waals surface area contributed by atoms with Gasteiger partial charge in [-0.05, 0) is 36.8 Å². The van der Waals surface area contributed by atoms with Crippen molar-refractivity contribution >= 4 is 17.1 Å². The zero-order valence-corrected chi connectivity index (χ0v) is 12.9. The highest BCUT2D eigenvalue weighted by molar-refractivity contribution is 5.98. The monoisotopic (exact) mass is 294 g/mol. The first-order valence-corrected chi connectivity index (χ1v) is 7.68. The molecule has 3 rings (SSSR count). The molecule has 1 fully saturated rings. The minimum atomic E-state index is 0.785. The molecule has 1 saturated heterocycles. The summed E-state index contributed by atoms with van der Waals surface area (Å²) < 4.78 is 0. The Morgan fingerprint density at radius 1 is 0.909 bits per heavy atom. The Balaban J connectivity index is 1.61. The Morgan fingerprint density at radius 3 is 2.18 bits per heavy atom. The van der Waals surface area contributed by atoms with E-state index in [1.54, 1.807) is 0 Å². The normalized spacial score (nSPS) is 16.0. The van der Waals surface area contributed by atoms with Gasteiger partial charge in [-0.15, -0.1) is 0 Å². The van der Waals surface area contributed by atoms with Gasteiger partial charge in [0.1, 0.15) is 0 Å². The summed E-state index contributed by atoms with van der Waals surface area (Å²) in [7, 11) is 0. The molecule has 1 aliphatic rings. The lowest BCUT2D eigenvalue weighted by Gasteiger charge is -2.34. The maximum absolute atomic E-state index is 5.73. The van der Waals surface area contributed by atoms with Gasteiger partial charge in [0.15, 0.2) is 0 Å². The van der Waals surface area contributed by atoms with Gasteiger partial charge in [-0.3, -0.25) is 5.01 Å². The van der Waals surface area contributed by atoms with Crippen molar-refractivity contribution < 1.29 is 0 Å². The van der Waals surface area contributed by atoms with Crippen LogP contribution in [0.1, 0.15) is 12.5 Å². The second-order valence-electron chi connectivity index (χ2n) is 5.58. The van der Waals surface area contributed by atoms with Crippen molar-refractivity contribution in [1.82, 2.24) is 5.01 Å². The number of rotatable bonds is 3. The number of nitrogens with zero attached hydrogens (tertiary/aromatic N) is 3. The summed E-state index contributed by atoms with van der Waals surface area (Å²) in [4.78, 5) is 2.41. The van der Waals surface area contributed by atoms with Crippen LogP contribution in [0.4, 0.5) is 11.4 Å². The molecule has 0 atom stereocenters. The van der Waals surface area contributed by atoms with Crippen LogP contribution in [-0.2, 0) is 0 Å². The Bertz CT molecular complexity index is 626. The van der Waals surface area contributed by atoms with Crippen molar-refractivity contribution in [3.05, 3.63) is 60.2 Å². The summed E-state index contributed by atoms with van der Waals surface area (Å²) in [5.74, 6) is 0. The average molecular weight is 294 g/mol. The van der Waals surface area contributed by atoms with Crippen molar-refractivity contribution in [1.29, 1.82) is 0 Å². The van der Waals surface area contributed by atoms with Crippen LogP contribution in [0.25, 0.3) is 0 Å². The smallest absolute Gasteiger partial charge is 0.0646 e. The number of hydrazone groups is 1. The fourth-order valence-corrected chi connectivity index (χ4v) is 2.69. The lowest BCUT2D eigenvalue weighted by molar-refractivity contribution is 0.270. The van der Waals surface area contributed by atoms with E-state index in [0.29, 0.717) is 0 Å². The molecule has 0 saturated carbocycles. The molecule has 2 aromatic rings. The lowest BCUT2D eigenvalue weighted by atomic mass is 10.1. The molecular formula is C18H22N4. The van der Waals surface area contributed by atoms with E-state index in [9.17, 15) is 0 Å². The molecule has 0 spiro atoms. The molecule has 1 aliphatic heterocycles. The molecule has 2 aromatic carbocycles. The van der Waals surface area contributed by atoms with Crippen LogP contribution in [0.2, 0.25) is 0 Å². The molecule has 0 aliphatic carbocycles. The first-order valence-electron chi connectivity index (χ1n) is 7.68. The number of para-hydroxylation sites is 1. The molecule has 22 heavy (non-hydrogen) atoms. The van der Waals surface area contributed by atoms with Crippen LogP contribution in [0, 0.1) is 0 Å². The largest absolute Gasteiger partial charge is 0.399 e. The fourth-order valence-electron chi connectivity index (χ4n) is 2.69. The number of anilines is 2. The van der Waals surface area contributed by atoms with E-state index in [-0.39, 0.29) is 0 Å². The van der Waals surface area contributed by atoms with Crippen molar-refractivity contribution in [2.24, 2.45) is 5.10 Å². The molecule has 4 nitrogen and oxygen atoms in total. The third kappa shape index (κ3) is 3.39. The Morgan fingerprint density at radius 2 is 1.55 bits per heavy atom. The first kappa shape index (κ1) is 14.4. The second kappa shape index (κ2) is 6.52. The minimum Gasteiger partial charge on any atom is -0.399 e.